The normalized spacial score (nSPS) is 15.6. The fourth-order valence-electron chi connectivity index (χ4n) is 3.32. The fourth-order valence-corrected chi connectivity index (χ4v) is 3.32. The molecule has 0 spiro atoms. The van der Waals surface area contributed by atoms with Gasteiger partial charge in [-0.25, -0.2) is 0 Å². The van der Waals surface area contributed by atoms with Gasteiger partial charge in [-0.15, -0.1) is 10.2 Å². The molecule has 134 valence electrons. The summed E-state index contributed by atoms with van der Waals surface area (Å²) in [4.78, 5) is 12.4. The number of nitrogens with one attached hydrogen (secondary N) is 1. The summed E-state index contributed by atoms with van der Waals surface area (Å²) in [5.74, 6) is 1.25. The number of anilines is 1. The zero-order valence-corrected chi connectivity index (χ0v) is 14.8. The van der Waals surface area contributed by atoms with Gasteiger partial charge >= 0.3 is 0 Å². The van der Waals surface area contributed by atoms with Gasteiger partial charge in [-0.3, -0.25) is 4.79 Å². The van der Waals surface area contributed by atoms with Crippen LogP contribution < -0.4 is 10.1 Å². The maximum atomic E-state index is 12.4. The average Bonchev–Trinajstić information content (AvgIpc) is 3.04. The first-order valence-electron chi connectivity index (χ1n) is 8.38. The Labute approximate surface area is 155 Å². The van der Waals surface area contributed by atoms with E-state index in [0.717, 1.165) is 16.8 Å². The van der Waals surface area contributed by atoms with Crippen LogP contribution in [0.25, 0.3) is 5.82 Å². The van der Waals surface area contributed by atoms with Crippen LogP contribution >= 0.6 is 0 Å². The molecule has 27 heavy (non-hydrogen) atoms. The second kappa shape index (κ2) is 6.53. The molecule has 0 saturated heterocycles. The molecule has 0 aliphatic carbocycles. The molecule has 1 N–H and O–H groups in total. The minimum absolute atomic E-state index is 0.0977. The SMILES string of the molecule is COc1ccc(-n2nc(C)c3c2NC(=O)C[C@H]3c2ccc(C#N)cc2)nn1. The van der Waals surface area contributed by atoms with Crippen LogP contribution in [-0.4, -0.2) is 33.0 Å². The lowest BCUT2D eigenvalue weighted by Gasteiger charge is -2.24. The second-order valence-corrected chi connectivity index (χ2v) is 6.23. The molecular weight excluding hydrogens is 344 g/mol. The number of benzene rings is 1. The summed E-state index contributed by atoms with van der Waals surface area (Å²) in [5, 5.41) is 24.6. The number of nitriles is 1. The van der Waals surface area contributed by atoms with Crippen molar-refractivity contribution in [3.05, 3.63) is 58.8 Å². The Kier molecular flexibility index (Phi) is 4.05. The van der Waals surface area contributed by atoms with Gasteiger partial charge in [0.2, 0.25) is 11.8 Å². The molecule has 3 aromatic rings. The number of methoxy groups -OCH3 is 1. The van der Waals surface area contributed by atoms with Crippen molar-refractivity contribution in [2.45, 2.75) is 19.3 Å². The topological polar surface area (TPSA) is 106 Å². The zero-order chi connectivity index (χ0) is 19.0. The van der Waals surface area contributed by atoms with Crippen molar-refractivity contribution < 1.29 is 9.53 Å². The highest BCUT2D eigenvalue weighted by Crippen LogP contribution is 2.40. The quantitative estimate of drug-likeness (QED) is 0.768. The van der Waals surface area contributed by atoms with Gasteiger partial charge < -0.3 is 10.1 Å². The summed E-state index contributed by atoms with van der Waals surface area (Å²) < 4.78 is 6.63. The van der Waals surface area contributed by atoms with Crippen LogP contribution in [0.5, 0.6) is 5.88 Å². The zero-order valence-electron chi connectivity index (χ0n) is 14.8. The summed E-state index contributed by atoms with van der Waals surface area (Å²) in [6, 6.07) is 12.8. The number of aromatic nitrogens is 4. The van der Waals surface area contributed by atoms with Gasteiger partial charge in [0.25, 0.3) is 0 Å². The minimum Gasteiger partial charge on any atom is -0.480 e. The van der Waals surface area contributed by atoms with Crippen LogP contribution in [0, 0.1) is 18.3 Å². The smallest absolute Gasteiger partial charge is 0.233 e. The number of hydrogen-bond donors (Lipinski definition) is 1. The molecule has 8 nitrogen and oxygen atoms in total. The van der Waals surface area contributed by atoms with Crippen molar-refractivity contribution in [2.24, 2.45) is 0 Å². The maximum absolute atomic E-state index is 12.4. The van der Waals surface area contributed by atoms with Gasteiger partial charge in [0, 0.05) is 24.0 Å². The molecule has 1 aliphatic rings. The number of carbonyl (C=O) groups is 1. The van der Waals surface area contributed by atoms with Crippen molar-refractivity contribution >= 4 is 11.7 Å². The Morgan fingerprint density at radius 1 is 1.22 bits per heavy atom. The van der Waals surface area contributed by atoms with E-state index >= 15 is 0 Å². The third-order valence-electron chi connectivity index (χ3n) is 4.60. The number of aryl methyl sites for hydroxylation is 1. The summed E-state index contributed by atoms with van der Waals surface area (Å²) >= 11 is 0. The van der Waals surface area contributed by atoms with E-state index in [0.29, 0.717) is 29.5 Å². The second-order valence-electron chi connectivity index (χ2n) is 6.23. The van der Waals surface area contributed by atoms with Gasteiger partial charge in [-0.2, -0.15) is 15.0 Å². The Morgan fingerprint density at radius 3 is 2.63 bits per heavy atom. The standard InChI is InChI=1S/C19H16N6O2/c1-11-18-14(13-5-3-12(10-20)4-6-13)9-16(26)21-19(18)25(24-11)15-7-8-17(27-2)23-22-15/h3-8,14H,9H2,1-2H3,(H,21,26)/t14-/m0/s1. The molecule has 1 amide bonds. The molecule has 0 saturated carbocycles. The van der Waals surface area contributed by atoms with E-state index < -0.39 is 0 Å². The summed E-state index contributed by atoms with van der Waals surface area (Å²) in [5.41, 5.74) is 3.29. The highest BCUT2D eigenvalue weighted by atomic mass is 16.5. The predicted octanol–water partition coefficient (Wildman–Crippen LogP) is 2.33. The number of amides is 1. The summed E-state index contributed by atoms with van der Waals surface area (Å²) in [6.07, 6.45) is 0.319. The molecule has 0 fully saturated rings. The van der Waals surface area contributed by atoms with Crippen LogP contribution in [0.1, 0.15) is 34.7 Å². The summed E-state index contributed by atoms with van der Waals surface area (Å²) in [7, 11) is 1.52. The Bertz CT molecular complexity index is 1050. The lowest BCUT2D eigenvalue weighted by Crippen LogP contribution is -2.25. The predicted molar refractivity (Wildman–Crippen MR) is 96.7 cm³/mol. The maximum Gasteiger partial charge on any atom is 0.233 e. The van der Waals surface area contributed by atoms with Crippen LogP contribution in [0.3, 0.4) is 0 Å². The number of rotatable bonds is 3. The largest absolute Gasteiger partial charge is 0.480 e. The first kappa shape index (κ1) is 16.7. The fraction of sp³-hybridized carbons (Fsp3) is 0.211. The average molecular weight is 360 g/mol. The van der Waals surface area contributed by atoms with Crippen LogP contribution in [-0.2, 0) is 4.79 Å². The highest BCUT2D eigenvalue weighted by molar-refractivity contribution is 5.95. The molecule has 1 aromatic carbocycles. The lowest BCUT2D eigenvalue weighted by atomic mass is 9.85. The Balaban J connectivity index is 1.81. The van der Waals surface area contributed by atoms with E-state index in [2.05, 4.69) is 26.7 Å². The molecule has 0 bridgehead atoms. The van der Waals surface area contributed by atoms with Crippen molar-refractivity contribution in [1.29, 1.82) is 5.26 Å². The van der Waals surface area contributed by atoms with E-state index in [1.54, 1.807) is 28.9 Å². The van der Waals surface area contributed by atoms with E-state index in [1.165, 1.54) is 7.11 Å². The van der Waals surface area contributed by atoms with Crippen molar-refractivity contribution in [1.82, 2.24) is 20.0 Å². The molecular formula is C19H16N6O2. The van der Waals surface area contributed by atoms with E-state index in [-0.39, 0.29) is 11.8 Å². The molecule has 1 aliphatic heterocycles. The van der Waals surface area contributed by atoms with E-state index in [4.69, 9.17) is 10.00 Å². The number of carbonyl (C=O) groups excluding carboxylic acids is 1. The minimum atomic E-state index is -0.138. The third-order valence-corrected chi connectivity index (χ3v) is 4.60. The number of hydrogen-bond acceptors (Lipinski definition) is 6. The molecule has 4 rings (SSSR count). The van der Waals surface area contributed by atoms with Gasteiger partial charge in [-0.05, 0) is 30.7 Å². The number of fused-ring (bicyclic) bond motifs is 1. The van der Waals surface area contributed by atoms with Crippen molar-refractivity contribution in [3.63, 3.8) is 0 Å². The van der Waals surface area contributed by atoms with Crippen LogP contribution in [0.4, 0.5) is 5.82 Å². The van der Waals surface area contributed by atoms with Crippen molar-refractivity contribution in [2.75, 3.05) is 12.4 Å². The van der Waals surface area contributed by atoms with Crippen molar-refractivity contribution in [3.8, 4) is 17.8 Å². The Hall–Kier alpha value is -3.73. The van der Waals surface area contributed by atoms with Gasteiger partial charge in [0.05, 0.1) is 24.4 Å². The molecule has 8 heteroatoms. The van der Waals surface area contributed by atoms with E-state index in [1.807, 2.05) is 19.1 Å². The summed E-state index contributed by atoms with van der Waals surface area (Å²) in [6.45, 7) is 1.90. The monoisotopic (exact) mass is 360 g/mol. The van der Waals surface area contributed by atoms with Gasteiger partial charge in [0.1, 0.15) is 5.82 Å². The first-order chi connectivity index (χ1) is 13.1. The number of nitrogens with zero attached hydrogens (tertiary/aromatic N) is 5. The van der Waals surface area contributed by atoms with Crippen LogP contribution in [0.15, 0.2) is 36.4 Å². The highest BCUT2D eigenvalue weighted by Gasteiger charge is 2.32. The van der Waals surface area contributed by atoms with E-state index in [9.17, 15) is 4.79 Å². The Morgan fingerprint density at radius 2 is 2.00 bits per heavy atom. The van der Waals surface area contributed by atoms with Gasteiger partial charge in [-0.1, -0.05) is 12.1 Å². The lowest BCUT2D eigenvalue weighted by molar-refractivity contribution is -0.116. The van der Waals surface area contributed by atoms with Gasteiger partial charge in [0.15, 0.2) is 5.82 Å². The molecule has 3 heterocycles. The molecule has 1 atom stereocenters. The number of ether oxygens (including phenoxy) is 1. The third kappa shape index (κ3) is 2.89. The first-order valence-corrected chi connectivity index (χ1v) is 8.38. The molecule has 0 radical (unpaired) electrons. The molecule has 0 unspecified atom stereocenters. The molecule has 2 aromatic heterocycles. The van der Waals surface area contributed by atoms with Crippen LogP contribution in [0.2, 0.25) is 0 Å².